The maximum atomic E-state index is 12.2. The number of likely N-dealkylation sites (N-methyl/N-ethyl adjacent to an activating group) is 1. The highest BCUT2D eigenvalue weighted by atomic mass is 16.6. The highest BCUT2D eigenvalue weighted by molar-refractivity contribution is 5.79. The highest BCUT2D eigenvalue weighted by Crippen LogP contribution is 2.09. The molecule has 0 fully saturated rings. The van der Waals surface area contributed by atoms with Gasteiger partial charge in [-0.05, 0) is 39.8 Å². The average Bonchev–Trinajstić information content (AvgIpc) is 2.90. The standard InChI is InChI=1S/C18H33N5O2/c1-8-23(17(24)25-18(2,3)4)13-11-20-16(19-5)22(7)14-15-10-9-12-21(15)6/h9-10,12H,8,11,13-14H2,1-7H3,(H,19,20). The number of carbonyl (C=O) groups is 1. The number of hydrogen-bond acceptors (Lipinski definition) is 3. The first-order chi connectivity index (χ1) is 11.7. The van der Waals surface area contributed by atoms with Crippen molar-refractivity contribution in [2.24, 2.45) is 12.0 Å². The van der Waals surface area contributed by atoms with Gasteiger partial charge in [0.2, 0.25) is 0 Å². The van der Waals surface area contributed by atoms with Crippen LogP contribution in [0.4, 0.5) is 4.79 Å². The van der Waals surface area contributed by atoms with E-state index in [0.29, 0.717) is 19.6 Å². The maximum absolute atomic E-state index is 12.2. The lowest BCUT2D eigenvalue weighted by atomic mass is 10.2. The normalized spacial score (nSPS) is 12.0. The first-order valence-electron chi connectivity index (χ1n) is 8.67. The number of aryl methyl sites for hydroxylation is 1. The number of aromatic nitrogens is 1. The van der Waals surface area contributed by atoms with E-state index in [4.69, 9.17) is 4.74 Å². The summed E-state index contributed by atoms with van der Waals surface area (Å²) in [5.41, 5.74) is 0.720. The van der Waals surface area contributed by atoms with Gasteiger partial charge in [-0.25, -0.2) is 4.79 Å². The second kappa shape index (κ2) is 9.34. The van der Waals surface area contributed by atoms with E-state index in [0.717, 1.165) is 12.5 Å². The van der Waals surface area contributed by atoms with Crippen molar-refractivity contribution in [1.29, 1.82) is 0 Å². The van der Waals surface area contributed by atoms with Crippen molar-refractivity contribution in [2.45, 2.75) is 39.8 Å². The summed E-state index contributed by atoms with van der Waals surface area (Å²) in [6.45, 7) is 10.1. The number of nitrogens with zero attached hydrogens (tertiary/aromatic N) is 4. The Bertz CT molecular complexity index is 574. The zero-order valence-corrected chi connectivity index (χ0v) is 16.7. The highest BCUT2D eigenvalue weighted by Gasteiger charge is 2.21. The van der Waals surface area contributed by atoms with Crippen molar-refractivity contribution in [3.63, 3.8) is 0 Å². The fourth-order valence-electron chi connectivity index (χ4n) is 2.37. The van der Waals surface area contributed by atoms with Crippen LogP contribution < -0.4 is 5.32 Å². The number of aliphatic imine (C=N–C) groups is 1. The van der Waals surface area contributed by atoms with Crippen molar-refractivity contribution >= 4 is 12.1 Å². The number of guanidine groups is 1. The Labute approximate surface area is 151 Å². The van der Waals surface area contributed by atoms with Gasteiger partial charge in [0.25, 0.3) is 0 Å². The van der Waals surface area contributed by atoms with Crippen LogP contribution in [0.15, 0.2) is 23.3 Å². The summed E-state index contributed by atoms with van der Waals surface area (Å²) < 4.78 is 7.51. The van der Waals surface area contributed by atoms with Crippen LogP contribution in [0.3, 0.4) is 0 Å². The summed E-state index contributed by atoms with van der Waals surface area (Å²) in [6, 6.07) is 4.12. The van der Waals surface area contributed by atoms with Crippen LogP contribution in [0.25, 0.3) is 0 Å². The lowest BCUT2D eigenvalue weighted by molar-refractivity contribution is 0.0263. The topological polar surface area (TPSA) is 62.1 Å². The third kappa shape index (κ3) is 7.07. The number of hydrogen-bond donors (Lipinski definition) is 1. The second-order valence-electron chi connectivity index (χ2n) is 7.00. The maximum Gasteiger partial charge on any atom is 0.410 e. The summed E-state index contributed by atoms with van der Waals surface area (Å²) in [5.74, 6) is 0.793. The molecule has 1 heterocycles. The van der Waals surface area contributed by atoms with E-state index in [-0.39, 0.29) is 6.09 Å². The van der Waals surface area contributed by atoms with Crippen LogP contribution in [0.5, 0.6) is 0 Å². The second-order valence-corrected chi connectivity index (χ2v) is 7.00. The van der Waals surface area contributed by atoms with Gasteiger partial charge in [0.1, 0.15) is 5.60 Å². The Morgan fingerprint density at radius 3 is 2.56 bits per heavy atom. The molecule has 1 aromatic rings. The van der Waals surface area contributed by atoms with E-state index in [1.165, 1.54) is 5.69 Å². The molecule has 1 N–H and O–H groups in total. The molecule has 0 saturated heterocycles. The van der Waals surface area contributed by atoms with Crippen LogP contribution in [0, 0.1) is 0 Å². The molecule has 0 atom stereocenters. The summed E-state index contributed by atoms with van der Waals surface area (Å²) >= 11 is 0. The lowest BCUT2D eigenvalue weighted by Crippen LogP contribution is -2.44. The van der Waals surface area contributed by atoms with Gasteiger partial charge in [-0.2, -0.15) is 0 Å². The van der Waals surface area contributed by atoms with Crippen molar-refractivity contribution in [3.05, 3.63) is 24.0 Å². The fourth-order valence-corrected chi connectivity index (χ4v) is 2.37. The van der Waals surface area contributed by atoms with Crippen LogP contribution in [0.1, 0.15) is 33.4 Å². The minimum absolute atomic E-state index is 0.288. The molecular formula is C18H33N5O2. The van der Waals surface area contributed by atoms with E-state index in [9.17, 15) is 4.79 Å². The predicted molar refractivity (Wildman–Crippen MR) is 102 cm³/mol. The van der Waals surface area contributed by atoms with Gasteiger partial charge < -0.3 is 24.4 Å². The number of amides is 1. The molecular weight excluding hydrogens is 318 g/mol. The van der Waals surface area contributed by atoms with E-state index in [1.807, 2.05) is 54.1 Å². The van der Waals surface area contributed by atoms with Crippen LogP contribution in [-0.2, 0) is 18.3 Å². The van der Waals surface area contributed by atoms with E-state index in [2.05, 4.69) is 25.8 Å². The lowest BCUT2D eigenvalue weighted by Gasteiger charge is -2.27. The summed E-state index contributed by atoms with van der Waals surface area (Å²) in [6.07, 6.45) is 1.74. The molecule has 0 aliphatic rings. The monoisotopic (exact) mass is 351 g/mol. The Hall–Kier alpha value is -2.18. The summed E-state index contributed by atoms with van der Waals surface area (Å²) in [5, 5.41) is 3.30. The van der Waals surface area contributed by atoms with E-state index in [1.54, 1.807) is 11.9 Å². The molecule has 0 aliphatic carbocycles. The van der Waals surface area contributed by atoms with Gasteiger partial charge in [0.15, 0.2) is 5.96 Å². The van der Waals surface area contributed by atoms with Gasteiger partial charge >= 0.3 is 6.09 Å². The van der Waals surface area contributed by atoms with E-state index >= 15 is 0 Å². The average molecular weight is 351 g/mol. The molecule has 0 saturated carbocycles. The van der Waals surface area contributed by atoms with Crippen LogP contribution in [-0.4, -0.2) is 65.8 Å². The quantitative estimate of drug-likeness (QED) is 0.631. The van der Waals surface area contributed by atoms with Crippen molar-refractivity contribution in [1.82, 2.24) is 19.7 Å². The molecule has 7 nitrogen and oxygen atoms in total. The van der Waals surface area contributed by atoms with Gasteiger partial charge in [-0.1, -0.05) is 0 Å². The SMILES string of the molecule is CCN(CCNC(=NC)N(C)Cc1cccn1C)C(=O)OC(C)(C)C. The molecule has 25 heavy (non-hydrogen) atoms. The third-order valence-electron chi connectivity index (χ3n) is 3.72. The predicted octanol–water partition coefficient (Wildman–Crippen LogP) is 2.29. The zero-order valence-electron chi connectivity index (χ0n) is 16.7. The minimum Gasteiger partial charge on any atom is -0.444 e. The van der Waals surface area contributed by atoms with Crippen molar-refractivity contribution < 1.29 is 9.53 Å². The van der Waals surface area contributed by atoms with Gasteiger partial charge in [-0.3, -0.25) is 4.99 Å². The molecule has 142 valence electrons. The Balaban J connectivity index is 2.50. The Morgan fingerprint density at radius 1 is 1.40 bits per heavy atom. The molecule has 1 aromatic heterocycles. The van der Waals surface area contributed by atoms with Crippen molar-refractivity contribution in [3.8, 4) is 0 Å². The molecule has 1 rings (SSSR count). The number of nitrogens with one attached hydrogen (secondary N) is 1. The smallest absolute Gasteiger partial charge is 0.410 e. The number of ether oxygens (including phenoxy) is 1. The molecule has 1 amide bonds. The van der Waals surface area contributed by atoms with Crippen LogP contribution in [0.2, 0.25) is 0 Å². The molecule has 0 unspecified atom stereocenters. The van der Waals surface area contributed by atoms with Gasteiger partial charge in [0, 0.05) is 52.7 Å². The van der Waals surface area contributed by atoms with Gasteiger partial charge in [-0.15, -0.1) is 0 Å². The Morgan fingerprint density at radius 2 is 2.08 bits per heavy atom. The molecule has 0 bridgehead atoms. The van der Waals surface area contributed by atoms with E-state index < -0.39 is 5.60 Å². The van der Waals surface area contributed by atoms with Crippen LogP contribution >= 0.6 is 0 Å². The minimum atomic E-state index is -0.483. The van der Waals surface area contributed by atoms with Gasteiger partial charge in [0.05, 0.1) is 6.54 Å². The molecule has 0 radical (unpaired) electrons. The first kappa shape index (κ1) is 20.9. The number of carbonyl (C=O) groups excluding carboxylic acids is 1. The molecule has 0 aromatic carbocycles. The molecule has 0 spiro atoms. The zero-order chi connectivity index (χ0) is 19.0. The summed E-state index contributed by atoms with van der Waals surface area (Å²) in [7, 11) is 5.78. The first-order valence-corrected chi connectivity index (χ1v) is 8.67. The molecule has 7 heteroatoms. The number of rotatable bonds is 6. The fraction of sp³-hybridized carbons (Fsp3) is 0.667. The Kier molecular flexibility index (Phi) is 7.80. The summed E-state index contributed by atoms with van der Waals surface area (Å²) in [4.78, 5) is 20.2. The molecule has 0 aliphatic heterocycles. The third-order valence-corrected chi connectivity index (χ3v) is 3.72. The van der Waals surface area contributed by atoms with Crippen molar-refractivity contribution in [2.75, 3.05) is 33.7 Å². The largest absolute Gasteiger partial charge is 0.444 e.